The third-order valence-electron chi connectivity index (χ3n) is 8.18. The number of likely N-dealkylation sites (tertiary alicyclic amines) is 1. The van der Waals surface area contributed by atoms with Crippen LogP contribution in [-0.2, 0) is 14.3 Å². The predicted octanol–water partition coefficient (Wildman–Crippen LogP) is 5.89. The Hall–Kier alpha value is -3.94. The van der Waals surface area contributed by atoms with Crippen LogP contribution in [0, 0.1) is 11.8 Å². The molecular weight excluding hydrogens is 516 g/mol. The topological polar surface area (TPSA) is 101 Å². The number of alkyl carbamates (subject to hydrolysis) is 1. The zero-order chi connectivity index (χ0) is 29.0. The lowest BCUT2D eigenvalue weighted by molar-refractivity contribution is -0.141. The second-order valence-corrected chi connectivity index (χ2v) is 12.3. The molecule has 1 aliphatic carbocycles. The van der Waals surface area contributed by atoms with Gasteiger partial charge in [-0.1, -0.05) is 36.4 Å². The highest BCUT2D eigenvalue weighted by molar-refractivity contribution is 6.00. The fourth-order valence-electron chi connectivity index (χ4n) is 6.17. The normalized spacial score (nSPS) is 22.8. The molecule has 8 nitrogen and oxygen atoms in total. The number of carbonyl (C=O) groups excluding carboxylic acids is 3. The van der Waals surface area contributed by atoms with Crippen molar-refractivity contribution in [3.8, 4) is 0 Å². The van der Waals surface area contributed by atoms with Crippen LogP contribution in [-0.4, -0.2) is 52.5 Å². The summed E-state index contributed by atoms with van der Waals surface area (Å²) in [6, 6.07) is 19.0. The quantitative estimate of drug-likeness (QED) is 0.394. The minimum absolute atomic E-state index is 0.0600. The lowest BCUT2D eigenvalue weighted by atomic mass is 9.81. The van der Waals surface area contributed by atoms with Crippen molar-refractivity contribution in [2.24, 2.45) is 11.8 Å². The van der Waals surface area contributed by atoms with Crippen LogP contribution in [0.1, 0.15) is 64.4 Å². The lowest BCUT2D eigenvalue weighted by Crippen LogP contribution is -2.48. The molecule has 2 N–H and O–H groups in total. The first-order valence-electron chi connectivity index (χ1n) is 14.7. The highest BCUT2D eigenvalue weighted by Gasteiger charge is 2.44. The summed E-state index contributed by atoms with van der Waals surface area (Å²) in [5.41, 5.74) is 2.10. The van der Waals surface area contributed by atoms with Crippen molar-refractivity contribution >= 4 is 34.5 Å². The standard InChI is InChI=1S/C33H40N4O4/c1-33(2,3)41-32(40)35-21-22-11-13-24(14-12-22)31(39)37-19-17-27(23-8-5-4-6-9-23)29(37)30(38)36-26-15-16-28-25(20-26)10-7-18-34-28/h4-10,15-16,18,20,22,24,27,29H,11-14,17,19,21H2,1-3H3,(H,35,40)(H,36,38)/t22-,24-,27?,29?. The van der Waals surface area contributed by atoms with E-state index in [1.165, 1.54) is 0 Å². The van der Waals surface area contributed by atoms with Crippen molar-refractivity contribution in [1.29, 1.82) is 0 Å². The molecule has 3 amide bonds. The Bertz CT molecular complexity index is 1380. The molecule has 3 aromatic rings. The summed E-state index contributed by atoms with van der Waals surface area (Å²) in [7, 11) is 0. The van der Waals surface area contributed by atoms with Gasteiger partial charge in [-0.05, 0) is 88.6 Å². The van der Waals surface area contributed by atoms with Gasteiger partial charge < -0.3 is 20.3 Å². The van der Waals surface area contributed by atoms with Crippen LogP contribution in [0.5, 0.6) is 0 Å². The van der Waals surface area contributed by atoms with Crippen molar-refractivity contribution < 1.29 is 19.1 Å². The maximum absolute atomic E-state index is 13.9. The van der Waals surface area contributed by atoms with Gasteiger partial charge in [0.05, 0.1) is 5.52 Å². The Balaban J connectivity index is 1.26. The number of carbonyl (C=O) groups is 3. The highest BCUT2D eigenvalue weighted by Crippen LogP contribution is 2.38. The van der Waals surface area contributed by atoms with Crippen LogP contribution in [0.3, 0.4) is 0 Å². The third-order valence-corrected chi connectivity index (χ3v) is 8.18. The van der Waals surface area contributed by atoms with Gasteiger partial charge in [0.15, 0.2) is 0 Å². The molecule has 1 aromatic heterocycles. The number of nitrogens with zero attached hydrogens (tertiary/aromatic N) is 2. The number of nitrogens with one attached hydrogen (secondary N) is 2. The van der Waals surface area contributed by atoms with Gasteiger partial charge >= 0.3 is 6.09 Å². The first kappa shape index (κ1) is 28.6. The van der Waals surface area contributed by atoms with Crippen molar-refractivity contribution in [3.63, 3.8) is 0 Å². The SMILES string of the molecule is CC(C)(C)OC(=O)NC[C@H]1CC[C@H](C(=O)N2CCC(c3ccccc3)C2C(=O)Nc2ccc3ncccc3c2)CC1. The molecule has 0 radical (unpaired) electrons. The zero-order valence-electron chi connectivity index (χ0n) is 24.1. The molecule has 1 saturated carbocycles. The Kier molecular flexibility index (Phi) is 8.57. The number of ether oxygens (including phenoxy) is 1. The number of fused-ring (bicyclic) bond motifs is 1. The molecule has 1 saturated heterocycles. The van der Waals surface area contributed by atoms with Crippen molar-refractivity contribution in [1.82, 2.24) is 15.2 Å². The summed E-state index contributed by atoms with van der Waals surface area (Å²) in [5.74, 6) is 0.0118. The average molecular weight is 557 g/mol. The fourth-order valence-corrected chi connectivity index (χ4v) is 6.17. The third kappa shape index (κ3) is 7.04. The van der Waals surface area contributed by atoms with E-state index >= 15 is 0 Å². The van der Waals surface area contributed by atoms with Crippen LogP contribution in [0.15, 0.2) is 66.9 Å². The van der Waals surface area contributed by atoms with Crippen molar-refractivity contribution in [2.75, 3.05) is 18.4 Å². The molecule has 2 atom stereocenters. The molecule has 5 rings (SSSR count). The van der Waals surface area contributed by atoms with E-state index in [0.29, 0.717) is 24.7 Å². The molecule has 2 fully saturated rings. The second-order valence-electron chi connectivity index (χ2n) is 12.3. The number of rotatable bonds is 6. The predicted molar refractivity (Wildman–Crippen MR) is 159 cm³/mol. The van der Waals surface area contributed by atoms with E-state index in [9.17, 15) is 14.4 Å². The molecule has 0 bridgehead atoms. The number of anilines is 1. The lowest BCUT2D eigenvalue weighted by Gasteiger charge is -2.34. The van der Waals surface area contributed by atoms with Gasteiger partial charge in [0.2, 0.25) is 11.8 Å². The second kappa shape index (κ2) is 12.3. The number of aromatic nitrogens is 1. The monoisotopic (exact) mass is 556 g/mol. The van der Waals surface area contributed by atoms with E-state index < -0.39 is 17.7 Å². The minimum atomic E-state index is -0.582. The van der Waals surface area contributed by atoms with Gasteiger partial charge in [-0.25, -0.2) is 4.79 Å². The maximum atomic E-state index is 13.9. The average Bonchev–Trinajstić information content (AvgIpc) is 3.41. The van der Waals surface area contributed by atoms with Gasteiger partial charge in [0, 0.05) is 42.2 Å². The van der Waals surface area contributed by atoms with Crippen molar-refractivity contribution in [3.05, 3.63) is 72.4 Å². The summed E-state index contributed by atoms with van der Waals surface area (Å²) < 4.78 is 5.35. The first-order valence-corrected chi connectivity index (χ1v) is 14.7. The van der Waals surface area contributed by atoms with Crippen LogP contribution in [0.2, 0.25) is 0 Å². The number of benzene rings is 2. The summed E-state index contributed by atoms with van der Waals surface area (Å²) in [6.45, 7) is 6.63. The van der Waals surface area contributed by atoms with E-state index in [4.69, 9.17) is 4.74 Å². The Labute approximate surface area is 241 Å². The Morgan fingerprint density at radius 2 is 1.71 bits per heavy atom. The molecule has 1 aliphatic heterocycles. The molecule has 41 heavy (non-hydrogen) atoms. The maximum Gasteiger partial charge on any atom is 0.407 e. The van der Waals surface area contributed by atoms with Gasteiger partial charge in [-0.15, -0.1) is 0 Å². The van der Waals surface area contributed by atoms with E-state index in [1.807, 2.05) is 86.3 Å². The largest absolute Gasteiger partial charge is 0.444 e. The number of amides is 3. The van der Waals surface area contributed by atoms with Crippen molar-refractivity contribution in [2.45, 2.75) is 70.4 Å². The highest BCUT2D eigenvalue weighted by atomic mass is 16.6. The molecule has 2 aromatic carbocycles. The Morgan fingerprint density at radius 1 is 0.951 bits per heavy atom. The Morgan fingerprint density at radius 3 is 2.44 bits per heavy atom. The van der Waals surface area contributed by atoms with Crippen LogP contribution >= 0.6 is 0 Å². The number of hydrogen-bond acceptors (Lipinski definition) is 5. The summed E-state index contributed by atoms with van der Waals surface area (Å²) in [6.07, 6.45) is 5.28. The molecular formula is C33H40N4O4. The van der Waals surface area contributed by atoms with Crippen LogP contribution in [0.4, 0.5) is 10.5 Å². The smallest absolute Gasteiger partial charge is 0.407 e. The number of hydrogen-bond donors (Lipinski definition) is 2. The van der Waals surface area contributed by atoms with Gasteiger partial charge in [-0.3, -0.25) is 14.6 Å². The molecule has 2 heterocycles. The van der Waals surface area contributed by atoms with Crippen LogP contribution < -0.4 is 10.6 Å². The minimum Gasteiger partial charge on any atom is -0.444 e. The molecule has 216 valence electrons. The number of pyridine rings is 1. The van der Waals surface area contributed by atoms with E-state index in [-0.39, 0.29) is 23.7 Å². The van der Waals surface area contributed by atoms with E-state index in [1.54, 1.807) is 6.20 Å². The zero-order valence-corrected chi connectivity index (χ0v) is 24.1. The van der Waals surface area contributed by atoms with E-state index in [0.717, 1.165) is 48.6 Å². The molecule has 2 aliphatic rings. The molecule has 8 heteroatoms. The first-order chi connectivity index (χ1) is 19.7. The van der Waals surface area contributed by atoms with Gasteiger partial charge in [-0.2, -0.15) is 0 Å². The van der Waals surface area contributed by atoms with E-state index in [2.05, 4.69) is 15.6 Å². The summed E-state index contributed by atoms with van der Waals surface area (Å²) >= 11 is 0. The van der Waals surface area contributed by atoms with Gasteiger partial charge in [0.25, 0.3) is 0 Å². The molecule has 2 unspecified atom stereocenters. The summed E-state index contributed by atoms with van der Waals surface area (Å²) in [4.78, 5) is 46.0. The van der Waals surface area contributed by atoms with Crippen LogP contribution in [0.25, 0.3) is 10.9 Å². The van der Waals surface area contributed by atoms with Gasteiger partial charge in [0.1, 0.15) is 11.6 Å². The summed E-state index contributed by atoms with van der Waals surface area (Å²) in [5, 5.41) is 6.92. The molecule has 0 spiro atoms. The fraction of sp³-hybridized carbons (Fsp3) is 0.455.